The molecule has 0 saturated carbocycles. The molecule has 19 heavy (non-hydrogen) atoms. The molecule has 2 rings (SSSR count). The van der Waals surface area contributed by atoms with E-state index in [4.69, 9.17) is 21.1 Å². The molecule has 0 unspecified atom stereocenters. The second-order valence-electron chi connectivity index (χ2n) is 3.59. The highest BCUT2D eigenvalue weighted by atomic mass is 35.5. The summed E-state index contributed by atoms with van der Waals surface area (Å²) in [5.74, 6) is 0.194. The molecule has 0 amide bonds. The summed E-state index contributed by atoms with van der Waals surface area (Å²) in [5, 5.41) is 0.513. The van der Waals surface area contributed by atoms with Gasteiger partial charge in [-0.15, -0.1) is 0 Å². The van der Waals surface area contributed by atoms with Crippen molar-refractivity contribution in [2.24, 2.45) is 0 Å². The second kappa shape index (κ2) is 6.15. The van der Waals surface area contributed by atoms with Gasteiger partial charge in [-0.1, -0.05) is 11.6 Å². The molecule has 0 fully saturated rings. The van der Waals surface area contributed by atoms with Gasteiger partial charge in [0.15, 0.2) is 5.75 Å². The topological polar surface area (TPSA) is 61.3 Å². The van der Waals surface area contributed by atoms with Crippen LogP contribution in [-0.4, -0.2) is 22.5 Å². The van der Waals surface area contributed by atoms with Gasteiger partial charge in [-0.25, -0.2) is 4.98 Å². The van der Waals surface area contributed by atoms with Crippen molar-refractivity contribution in [3.8, 4) is 5.75 Å². The first kappa shape index (κ1) is 13.3. The van der Waals surface area contributed by atoms with Crippen LogP contribution in [0.3, 0.4) is 0 Å². The van der Waals surface area contributed by atoms with Gasteiger partial charge in [0.25, 0.3) is 0 Å². The van der Waals surface area contributed by atoms with E-state index in [0.29, 0.717) is 21.8 Å². The highest BCUT2D eigenvalue weighted by Gasteiger charge is 2.06. The van der Waals surface area contributed by atoms with Gasteiger partial charge >= 0.3 is 5.97 Å². The number of carbonyl (C=O) groups excluding carboxylic acids is 1. The van der Waals surface area contributed by atoms with Gasteiger partial charge in [0, 0.05) is 19.3 Å². The van der Waals surface area contributed by atoms with Gasteiger partial charge in [-0.05, 0) is 18.2 Å². The van der Waals surface area contributed by atoms with Crippen molar-refractivity contribution in [3.63, 3.8) is 0 Å². The zero-order valence-electron chi connectivity index (χ0n) is 10.2. The molecule has 0 N–H and O–H groups in total. The molecule has 0 saturated heterocycles. The summed E-state index contributed by atoms with van der Waals surface area (Å²) in [6.45, 7) is 1.50. The average molecular weight is 279 g/mol. The van der Waals surface area contributed by atoms with Gasteiger partial charge in [-0.3, -0.25) is 9.78 Å². The number of fused-ring (bicyclic) bond motifs is 1. The summed E-state index contributed by atoms with van der Waals surface area (Å²) in [7, 11) is 0. The highest BCUT2D eigenvalue weighted by molar-refractivity contribution is 6.35. The smallest absolute Gasteiger partial charge is 0.302 e. The second-order valence-corrected chi connectivity index (χ2v) is 4.00. The zero-order valence-corrected chi connectivity index (χ0v) is 10.9. The molecule has 6 heteroatoms. The van der Waals surface area contributed by atoms with E-state index in [-0.39, 0.29) is 12.6 Å². The molecular formula is C13H11ClN2O3. The SMILES string of the molecule is CC(=O)OCC=COc1ccc(Cl)c2nccnc12. The number of hydrogen-bond acceptors (Lipinski definition) is 5. The fourth-order valence-electron chi connectivity index (χ4n) is 1.42. The van der Waals surface area contributed by atoms with Crippen molar-refractivity contribution in [1.82, 2.24) is 9.97 Å². The van der Waals surface area contributed by atoms with Gasteiger partial charge in [0.2, 0.25) is 0 Å². The third-order valence-electron chi connectivity index (χ3n) is 2.21. The van der Waals surface area contributed by atoms with Crippen LogP contribution in [0.25, 0.3) is 11.0 Å². The minimum absolute atomic E-state index is 0.159. The number of aromatic nitrogens is 2. The molecule has 0 aliphatic rings. The van der Waals surface area contributed by atoms with E-state index >= 15 is 0 Å². The Bertz CT molecular complexity index is 628. The number of halogens is 1. The van der Waals surface area contributed by atoms with Gasteiger partial charge in [0.1, 0.15) is 17.6 Å². The van der Waals surface area contributed by atoms with Crippen LogP contribution in [0.1, 0.15) is 6.92 Å². The Morgan fingerprint density at radius 3 is 2.79 bits per heavy atom. The maximum atomic E-state index is 10.6. The van der Waals surface area contributed by atoms with Crippen LogP contribution in [0.15, 0.2) is 36.9 Å². The first-order chi connectivity index (χ1) is 9.18. The fourth-order valence-corrected chi connectivity index (χ4v) is 1.62. The van der Waals surface area contributed by atoms with E-state index in [1.807, 2.05) is 0 Å². The Kier molecular flexibility index (Phi) is 4.30. The Morgan fingerprint density at radius 2 is 2.05 bits per heavy atom. The first-order valence-electron chi connectivity index (χ1n) is 5.52. The van der Waals surface area contributed by atoms with Crippen molar-refractivity contribution in [2.75, 3.05) is 6.61 Å². The van der Waals surface area contributed by atoms with E-state index < -0.39 is 0 Å². The minimum atomic E-state index is -0.340. The summed E-state index contributed by atoms with van der Waals surface area (Å²) in [4.78, 5) is 18.9. The Hall–Kier alpha value is -2.14. The predicted molar refractivity (Wildman–Crippen MR) is 70.9 cm³/mol. The maximum Gasteiger partial charge on any atom is 0.302 e. The average Bonchev–Trinajstić information content (AvgIpc) is 2.41. The third-order valence-corrected chi connectivity index (χ3v) is 2.52. The standard InChI is InChI=1S/C13H11ClN2O3/c1-9(17)18-7-2-8-19-11-4-3-10(14)12-13(11)16-6-5-15-12/h2-6,8H,7H2,1H3. The van der Waals surface area contributed by atoms with E-state index in [1.54, 1.807) is 30.6 Å². The van der Waals surface area contributed by atoms with Crippen LogP contribution in [0.2, 0.25) is 5.02 Å². The van der Waals surface area contributed by atoms with Crippen molar-refractivity contribution >= 4 is 28.6 Å². The van der Waals surface area contributed by atoms with Gasteiger partial charge < -0.3 is 9.47 Å². The monoisotopic (exact) mass is 278 g/mol. The van der Waals surface area contributed by atoms with Gasteiger partial charge in [0.05, 0.1) is 11.3 Å². The molecule has 0 aliphatic heterocycles. The van der Waals surface area contributed by atoms with Gasteiger partial charge in [-0.2, -0.15) is 0 Å². The Labute approximate surface area is 114 Å². The van der Waals surface area contributed by atoms with E-state index in [9.17, 15) is 4.79 Å². The van der Waals surface area contributed by atoms with Crippen LogP contribution in [0, 0.1) is 0 Å². The van der Waals surface area contributed by atoms with E-state index in [2.05, 4.69) is 9.97 Å². The summed E-state index contributed by atoms with van der Waals surface area (Å²) >= 11 is 6.01. The van der Waals surface area contributed by atoms with Crippen LogP contribution < -0.4 is 4.74 Å². The lowest BCUT2D eigenvalue weighted by molar-refractivity contribution is -0.139. The number of benzene rings is 1. The molecule has 0 aliphatic carbocycles. The normalized spacial score (nSPS) is 10.8. The Balaban J connectivity index is 2.13. The number of rotatable bonds is 4. The molecule has 1 aromatic carbocycles. The largest absolute Gasteiger partial charge is 0.463 e. The molecule has 0 atom stereocenters. The first-order valence-corrected chi connectivity index (χ1v) is 5.90. The van der Waals surface area contributed by atoms with Crippen molar-refractivity contribution in [3.05, 3.63) is 41.9 Å². The lowest BCUT2D eigenvalue weighted by Gasteiger charge is -2.05. The maximum absolute atomic E-state index is 10.6. The number of carbonyl (C=O) groups is 1. The molecule has 0 bridgehead atoms. The molecule has 5 nitrogen and oxygen atoms in total. The fraction of sp³-hybridized carbons (Fsp3) is 0.154. The third kappa shape index (κ3) is 3.42. The molecule has 2 aromatic rings. The lowest BCUT2D eigenvalue weighted by Crippen LogP contribution is -1.98. The Morgan fingerprint density at radius 1 is 1.32 bits per heavy atom. The summed E-state index contributed by atoms with van der Waals surface area (Å²) in [5.41, 5.74) is 1.15. The van der Waals surface area contributed by atoms with E-state index in [0.717, 1.165) is 0 Å². The molecule has 1 aromatic heterocycles. The minimum Gasteiger partial charge on any atom is -0.463 e. The quantitative estimate of drug-likeness (QED) is 0.636. The van der Waals surface area contributed by atoms with Crippen molar-refractivity contribution < 1.29 is 14.3 Å². The zero-order chi connectivity index (χ0) is 13.7. The highest BCUT2D eigenvalue weighted by Crippen LogP contribution is 2.28. The van der Waals surface area contributed by atoms with Crippen molar-refractivity contribution in [1.29, 1.82) is 0 Å². The predicted octanol–water partition coefficient (Wildman–Crippen LogP) is 2.74. The summed E-state index contributed by atoms with van der Waals surface area (Å²) < 4.78 is 10.2. The number of hydrogen-bond donors (Lipinski definition) is 0. The van der Waals surface area contributed by atoms with E-state index in [1.165, 1.54) is 13.2 Å². The molecule has 0 spiro atoms. The number of esters is 1. The van der Waals surface area contributed by atoms with Crippen LogP contribution in [-0.2, 0) is 9.53 Å². The van der Waals surface area contributed by atoms with Crippen LogP contribution >= 0.6 is 11.6 Å². The summed E-state index contributed by atoms with van der Waals surface area (Å²) in [6, 6.07) is 3.39. The van der Waals surface area contributed by atoms with Crippen LogP contribution in [0.5, 0.6) is 5.75 Å². The molecule has 98 valence electrons. The van der Waals surface area contributed by atoms with Crippen molar-refractivity contribution in [2.45, 2.75) is 6.92 Å². The number of nitrogens with zero attached hydrogens (tertiary/aromatic N) is 2. The summed E-state index contributed by atoms with van der Waals surface area (Å²) in [6.07, 6.45) is 6.14. The lowest BCUT2D eigenvalue weighted by atomic mass is 10.3. The molecule has 1 heterocycles. The number of ether oxygens (including phenoxy) is 2. The molecular weight excluding hydrogens is 268 g/mol. The van der Waals surface area contributed by atoms with Crippen LogP contribution in [0.4, 0.5) is 0 Å². The molecule has 0 radical (unpaired) electrons.